The average molecular weight is 346 g/mol. The van der Waals surface area contributed by atoms with Gasteiger partial charge in [-0.1, -0.05) is 36.4 Å². The highest BCUT2D eigenvalue weighted by Crippen LogP contribution is 2.22. The van der Waals surface area contributed by atoms with Crippen LogP contribution >= 0.6 is 0 Å². The summed E-state index contributed by atoms with van der Waals surface area (Å²) < 4.78 is 27.0. The van der Waals surface area contributed by atoms with Crippen LogP contribution in [0.2, 0.25) is 0 Å². The molecule has 2 aromatic rings. The molecule has 1 aliphatic carbocycles. The van der Waals surface area contributed by atoms with Crippen molar-refractivity contribution in [2.75, 3.05) is 0 Å². The summed E-state index contributed by atoms with van der Waals surface area (Å²) in [6.07, 6.45) is 1.71. The molecule has 0 aliphatic heterocycles. The second-order valence-electron chi connectivity index (χ2n) is 5.63. The van der Waals surface area contributed by atoms with Crippen molar-refractivity contribution in [1.29, 1.82) is 0 Å². The minimum absolute atomic E-state index is 0.0155. The Bertz CT molecular complexity index is 817. The van der Waals surface area contributed by atoms with Crippen LogP contribution in [-0.4, -0.2) is 20.4 Å². The zero-order valence-electron chi connectivity index (χ0n) is 12.9. The summed E-state index contributed by atoms with van der Waals surface area (Å²) in [5.74, 6) is -0.491. The molecule has 0 radical (unpaired) electrons. The van der Waals surface area contributed by atoms with E-state index in [2.05, 4.69) is 10.2 Å². The number of carbonyl (C=O) groups excluding carboxylic acids is 1. The molecule has 0 heterocycles. The second-order valence-corrected chi connectivity index (χ2v) is 7.34. The SMILES string of the molecule is O=C(NOCc1ccccc1)c1cccc(S(=O)(=O)NC2CC2)c1. The molecule has 2 N–H and O–H groups in total. The third-order valence-corrected chi connectivity index (χ3v) is 5.07. The molecule has 0 unspecified atom stereocenters. The van der Waals surface area contributed by atoms with E-state index in [1.807, 2.05) is 30.3 Å². The fourth-order valence-corrected chi connectivity index (χ4v) is 3.46. The monoisotopic (exact) mass is 346 g/mol. The van der Waals surface area contributed by atoms with Crippen molar-refractivity contribution in [3.05, 3.63) is 65.7 Å². The van der Waals surface area contributed by atoms with Crippen LogP contribution in [0.1, 0.15) is 28.8 Å². The van der Waals surface area contributed by atoms with Gasteiger partial charge in [0.15, 0.2) is 0 Å². The molecule has 1 aliphatic rings. The topological polar surface area (TPSA) is 84.5 Å². The number of sulfonamides is 1. The highest BCUT2D eigenvalue weighted by Gasteiger charge is 2.28. The quantitative estimate of drug-likeness (QED) is 0.751. The van der Waals surface area contributed by atoms with Crippen molar-refractivity contribution in [3.63, 3.8) is 0 Å². The molecule has 1 saturated carbocycles. The third kappa shape index (κ3) is 4.41. The Hall–Kier alpha value is -2.22. The van der Waals surface area contributed by atoms with Crippen molar-refractivity contribution in [3.8, 4) is 0 Å². The van der Waals surface area contributed by atoms with Crippen LogP contribution in [0.3, 0.4) is 0 Å². The highest BCUT2D eigenvalue weighted by molar-refractivity contribution is 7.89. The maximum Gasteiger partial charge on any atom is 0.274 e. The van der Waals surface area contributed by atoms with Gasteiger partial charge in [-0.15, -0.1) is 0 Å². The summed E-state index contributed by atoms with van der Waals surface area (Å²) in [5.41, 5.74) is 3.47. The molecule has 0 atom stereocenters. The number of amides is 1. The van der Waals surface area contributed by atoms with Gasteiger partial charge in [-0.25, -0.2) is 18.6 Å². The van der Waals surface area contributed by atoms with Crippen molar-refractivity contribution in [2.45, 2.75) is 30.4 Å². The first-order valence-corrected chi connectivity index (χ1v) is 9.11. The van der Waals surface area contributed by atoms with Crippen LogP contribution in [-0.2, 0) is 21.5 Å². The Morgan fingerprint density at radius 1 is 1.08 bits per heavy atom. The van der Waals surface area contributed by atoms with Crippen LogP contribution in [0, 0.1) is 0 Å². The van der Waals surface area contributed by atoms with Gasteiger partial charge in [0.05, 0.1) is 11.5 Å². The molecule has 1 fully saturated rings. The molecule has 7 heteroatoms. The highest BCUT2D eigenvalue weighted by atomic mass is 32.2. The van der Waals surface area contributed by atoms with Gasteiger partial charge in [-0.05, 0) is 36.6 Å². The van der Waals surface area contributed by atoms with Gasteiger partial charge in [-0.3, -0.25) is 9.63 Å². The van der Waals surface area contributed by atoms with Gasteiger partial charge in [0.25, 0.3) is 5.91 Å². The maximum absolute atomic E-state index is 12.2. The Morgan fingerprint density at radius 2 is 1.83 bits per heavy atom. The molecule has 0 spiro atoms. The molecular weight excluding hydrogens is 328 g/mol. The van der Waals surface area contributed by atoms with Crippen LogP contribution < -0.4 is 10.2 Å². The predicted octanol–water partition coefficient (Wildman–Crippen LogP) is 1.99. The average Bonchev–Trinajstić information content (AvgIpc) is 3.39. The number of hydroxylamine groups is 1. The molecule has 0 bridgehead atoms. The summed E-state index contributed by atoms with van der Waals surface area (Å²) in [5, 5.41) is 0. The fourth-order valence-electron chi connectivity index (χ4n) is 2.11. The number of nitrogens with one attached hydrogen (secondary N) is 2. The van der Waals surface area contributed by atoms with E-state index in [0.29, 0.717) is 0 Å². The molecule has 0 saturated heterocycles. The summed E-state index contributed by atoms with van der Waals surface area (Å²) in [7, 11) is -3.59. The molecule has 24 heavy (non-hydrogen) atoms. The molecule has 0 aromatic heterocycles. The standard InChI is InChI=1S/C17H18N2O4S/c20-17(18-23-12-13-5-2-1-3-6-13)14-7-4-8-16(11-14)24(21,22)19-15-9-10-15/h1-8,11,15,19H,9-10,12H2,(H,18,20). The normalized spacial score (nSPS) is 14.3. The second kappa shape index (κ2) is 7.12. The van der Waals surface area contributed by atoms with Gasteiger partial charge in [-0.2, -0.15) is 0 Å². The van der Waals surface area contributed by atoms with E-state index in [0.717, 1.165) is 18.4 Å². The lowest BCUT2D eigenvalue weighted by molar-refractivity contribution is 0.0233. The van der Waals surface area contributed by atoms with E-state index in [9.17, 15) is 13.2 Å². The van der Waals surface area contributed by atoms with Crippen molar-refractivity contribution in [1.82, 2.24) is 10.2 Å². The fraction of sp³-hybridized carbons (Fsp3) is 0.235. The zero-order chi connectivity index (χ0) is 17.0. The number of carbonyl (C=O) groups is 1. The van der Waals surface area contributed by atoms with Gasteiger partial charge in [0.2, 0.25) is 10.0 Å². The number of hydrogen-bond donors (Lipinski definition) is 2. The van der Waals surface area contributed by atoms with Crippen LogP contribution in [0.4, 0.5) is 0 Å². The predicted molar refractivity (Wildman–Crippen MR) is 88.5 cm³/mol. The maximum atomic E-state index is 12.2. The molecular formula is C17H18N2O4S. The Labute approximate surface area is 140 Å². The first kappa shape index (κ1) is 16.6. The van der Waals surface area contributed by atoms with Gasteiger partial charge in [0.1, 0.15) is 0 Å². The van der Waals surface area contributed by atoms with Crippen LogP contribution in [0.25, 0.3) is 0 Å². The van der Waals surface area contributed by atoms with Gasteiger partial charge < -0.3 is 0 Å². The van der Waals surface area contributed by atoms with Crippen LogP contribution in [0.15, 0.2) is 59.5 Å². The van der Waals surface area contributed by atoms with Crippen molar-refractivity contribution < 1.29 is 18.0 Å². The first-order valence-electron chi connectivity index (χ1n) is 7.63. The van der Waals surface area contributed by atoms with E-state index in [4.69, 9.17) is 4.84 Å². The summed E-state index contributed by atoms with van der Waals surface area (Å²) in [6, 6.07) is 15.3. The number of rotatable bonds is 7. The Balaban J connectivity index is 1.61. The summed E-state index contributed by atoms with van der Waals surface area (Å²) in [4.78, 5) is 17.3. The molecule has 6 nitrogen and oxygen atoms in total. The van der Waals surface area contributed by atoms with E-state index >= 15 is 0 Å². The van der Waals surface area contributed by atoms with E-state index in [1.54, 1.807) is 0 Å². The van der Waals surface area contributed by atoms with Crippen LogP contribution in [0.5, 0.6) is 0 Å². The Kier molecular flexibility index (Phi) is 4.94. The lowest BCUT2D eigenvalue weighted by atomic mass is 10.2. The minimum atomic E-state index is -3.59. The van der Waals surface area contributed by atoms with Gasteiger partial charge >= 0.3 is 0 Å². The zero-order valence-corrected chi connectivity index (χ0v) is 13.8. The molecule has 2 aromatic carbocycles. The summed E-state index contributed by atoms with van der Waals surface area (Å²) in [6.45, 7) is 0.230. The minimum Gasteiger partial charge on any atom is -0.269 e. The third-order valence-electron chi connectivity index (χ3n) is 3.55. The molecule has 3 rings (SSSR count). The Morgan fingerprint density at radius 3 is 2.54 bits per heavy atom. The summed E-state index contributed by atoms with van der Waals surface area (Å²) >= 11 is 0. The lowest BCUT2D eigenvalue weighted by Gasteiger charge is -2.09. The molecule has 1 amide bonds. The number of benzene rings is 2. The lowest BCUT2D eigenvalue weighted by Crippen LogP contribution is -2.27. The van der Waals surface area contributed by atoms with Crippen molar-refractivity contribution >= 4 is 15.9 Å². The van der Waals surface area contributed by atoms with Crippen molar-refractivity contribution in [2.24, 2.45) is 0 Å². The smallest absolute Gasteiger partial charge is 0.269 e. The number of hydrogen-bond acceptors (Lipinski definition) is 4. The molecule has 126 valence electrons. The first-order chi connectivity index (χ1) is 11.5. The van der Waals surface area contributed by atoms with Gasteiger partial charge in [0, 0.05) is 11.6 Å². The van der Waals surface area contributed by atoms with E-state index in [-0.39, 0.29) is 23.1 Å². The van der Waals surface area contributed by atoms with E-state index in [1.165, 1.54) is 24.3 Å². The van der Waals surface area contributed by atoms with E-state index < -0.39 is 15.9 Å². The largest absolute Gasteiger partial charge is 0.274 e.